The smallest absolute Gasteiger partial charge is 0.225 e. The Morgan fingerprint density at radius 1 is 1.13 bits per heavy atom. The van der Waals surface area contributed by atoms with E-state index < -0.39 is 0 Å². The number of aliphatic imine (C=N–C) groups is 1. The van der Waals surface area contributed by atoms with Gasteiger partial charge in [0, 0.05) is 42.7 Å². The minimum absolute atomic E-state index is 0. The number of hydrogen-bond acceptors (Lipinski definition) is 3. The number of carbonyl (C=O) groups excluding carboxylic acids is 1. The molecule has 6 nitrogen and oxygen atoms in total. The Bertz CT molecular complexity index is 1050. The molecule has 1 aromatic heterocycles. The first kappa shape index (κ1) is 22.0. The van der Waals surface area contributed by atoms with Crippen LogP contribution in [0.2, 0.25) is 0 Å². The molecular formula is C23H26IN5O. The summed E-state index contributed by atoms with van der Waals surface area (Å²) in [7, 11) is 0. The van der Waals surface area contributed by atoms with E-state index in [1.54, 1.807) is 0 Å². The zero-order valence-electron chi connectivity index (χ0n) is 16.9. The summed E-state index contributed by atoms with van der Waals surface area (Å²) in [5.41, 5.74) is 3.01. The lowest BCUT2D eigenvalue weighted by Crippen LogP contribution is -2.40. The van der Waals surface area contributed by atoms with Crippen molar-refractivity contribution in [3.63, 3.8) is 0 Å². The first-order chi connectivity index (χ1) is 14.2. The summed E-state index contributed by atoms with van der Waals surface area (Å²) >= 11 is 0. The summed E-state index contributed by atoms with van der Waals surface area (Å²) in [4.78, 5) is 21.3. The molecule has 0 aliphatic carbocycles. The molecule has 1 atom stereocenters. The highest BCUT2D eigenvalue weighted by Crippen LogP contribution is 2.31. The van der Waals surface area contributed by atoms with Crippen molar-refractivity contribution in [2.24, 2.45) is 4.99 Å². The van der Waals surface area contributed by atoms with Crippen molar-refractivity contribution < 1.29 is 4.79 Å². The molecule has 2 aromatic carbocycles. The summed E-state index contributed by atoms with van der Waals surface area (Å²) in [5, 5.41) is 11.9. The van der Waals surface area contributed by atoms with Gasteiger partial charge in [-0.05, 0) is 30.0 Å². The maximum Gasteiger partial charge on any atom is 0.225 e. The van der Waals surface area contributed by atoms with E-state index in [2.05, 4.69) is 39.1 Å². The molecule has 0 spiro atoms. The van der Waals surface area contributed by atoms with E-state index in [1.165, 1.54) is 0 Å². The van der Waals surface area contributed by atoms with Gasteiger partial charge in [-0.15, -0.1) is 24.0 Å². The van der Waals surface area contributed by atoms with Crippen molar-refractivity contribution in [3.05, 3.63) is 72.1 Å². The van der Waals surface area contributed by atoms with Crippen LogP contribution in [0.15, 0.2) is 65.8 Å². The van der Waals surface area contributed by atoms with E-state index in [0.717, 1.165) is 40.2 Å². The fraction of sp³-hybridized carbons (Fsp3) is 0.261. The molecule has 0 saturated heterocycles. The van der Waals surface area contributed by atoms with E-state index >= 15 is 0 Å². The Hall–Kier alpha value is -2.68. The van der Waals surface area contributed by atoms with Crippen LogP contribution in [-0.4, -0.2) is 29.9 Å². The van der Waals surface area contributed by atoms with Crippen molar-refractivity contribution >= 4 is 52.3 Å². The fourth-order valence-electron chi connectivity index (χ4n) is 3.71. The molecule has 0 radical (unpaired) electrons. The summed E-state index contributed by atoms with van der Waals surface area (Å²) in [5.74, 6) is 0.891. The molecule has 3 aromatic rings. The number of para-hydroxylation sites is 1. The van der Waals surface area contributed by atoms with Crippen LogP contribution in [0.4, 0.5) is 5.69 Å². The van der Waals surface area contributed by atoms with Gasteiger partial charge in [-0.25, -0.2) is 4.99 Å². The van der Waals surface area contributed by atoms with Gasteiger partial charge in [-0.3, -0.25) is 9.78 Å². The van der Waals surface area contributed by atoms with Gasteiger partial charge < -0.3 is 16.0 Å². The third kappa shape index (κ3) is 5.08. The second-order valence-corrected chi connectivity index (χ2v) is 7.09. The van der Waals surface area contributed by atoms with E-state index in [0.29, 0.717) is 19.5 Å². The summed E-state index contributed by atoms with van der Waals surface area (Å²) in [6.45, 7) is 3.92. The number of carbonyl (C=O) groups is 1. The molecule has 0 fully saturated rings. The number of benzene rings is 2. The molecule has 1 unspecified atom stereocenters. The summed E-state index contributed by atoms with van der Waals surface area (Å²) in [6, 6.07) is 18.2. The molecular weight excluding hydrogens is 489 g/mol. The molecule has 1 aliphatic heterocycles. The van der Waals surface area contributed by atoms with Gasteiger partial charge in [0.25, 0.3) is 0 Å². The van der Waals surface area contributed by atoms with E-state index in [1.807, 2.05) is 49.5 Å². The highest BCUT2D eigenvalue weighted by atomic mass is 127. The first-order valence-corrected chi connectivity index (χ1v) is 9.98. The number of fused-ring (bicyclic) bond motifs is 2. The van der Waals surface area contributed by atoms with Gasteiger partial charge in [-0.1, -0.05) is 42.5 Å². The Morgan fingerprint density at radius 2 is 1.93 bits per heavy atom. The number of halogens is 1. The Kier molecular flexibility index (Phi) is 7.62. The second kappa shape index (κ2) is 10.4. The van der Waals surface area contributed by atoms with E-state index in [4.69, 9.17) is 4.99 Å². The number of aromatic nitrogens is 1. The molecule has 2 heterocycles. The molecule has 1 aliphatic rings. The number of anilines is 1. The second-order valence-electron chi connectivity index (χ2n) is 7.09. The zero-order chi connectivity index (χ0) is 20.1. The molecule has 3 N–H and O–H groups in total. The summed E-state index contributed by atoms with van der Waals surface area (Å²) < 4.78 is 0. The maximum atomic E-state index is 12.0. The van der Waals surface area contributed by atoms with E-state index in [9.17, 15) is 4.79 Å². The molecule has 7 heteroatoms. The minimum Gasteiger partial charge on any atom is -0.357 e. The van der Waals surface area contributed by atoms with Crippen molar-refractivity contribution in [1.82, 2.24) is 15.6 Å². The van der Waals surface area contributed by atoms with Gasteiger partial charge in [0.15, 0.2) is 5.96 Å². The van der Waals surface area contributed by atoms with Crippen molar-refractivity contribution in [2.75, 3.05) is 18.4 Å². The lowest BCUT2D eigenvalue weighted by atomic mass is 9.90. The lowest BCUT2D eigenvalue weighted by molar-refractivity contribution is -0.116. The normalized spacial score (nSPS) is 15.7. The Morgan fingerprint density at radius 3 is 2.80 bits per heavy atom. The molecule has 30 heavy (non-hydrogen) atoms. The van der Waals surface area contributed by atoms with Crippen LogP contribution in [0.5, 0.6) is 0 Å². The minimum atomic E-state index is 0. The predicted octanol–water partition coefficient (Wildman–Crippen LogP) is 4.03. The van der Waals surface area contributed by atoms with Crippen molar-refractivity contribution in [2.45, 2.75) is 25.8 Å². The number of nitrogens with zero attached hydrogens (tertiary/aromatic N) is 2. The van der Waals surface area contributed by atoms with Gasteiger partial charge in [0.05, 0.1) is 12.2 Å². The quantitative estimate of drug-likeness (QED) is 0.273. The van der Waals surface area contributed by atoms with Crippen LogP contribution in [-0.2, 0) is 11.3 Å². The standard InChI is InChI=1S/C23H25N5O.HI/c1-2-24-23(27-15-21-18-8-4-3-7-16(18)11-12-25-21)26-14-17-13-22(29)28-20-10-6-5-9-19(17)20;/h3-12,17H,2,13-15H2,1H3,(H,28,29)(H2,24,26,27);1H. The van der Waals surface area contributed by atoms with Crippen LogP contribution in [0.1, 0.15) is 30.5 Å². The monoisotopic (exact) mass is 515 g/mol. The average Bonchev–Trinajstić information content (AvgIpc) is 2.75. The number of pyridine rings is 1. The third-order valence-corrected chi connectivity index (χ3v) is 5.11. The van der Waals surface area contributed by atoms with Gasteiger partial charge >= 0.3 is 0 Å². The zero-order valence-corrected chi connectivity index (χ0v) is 19.2. The molecule has 0 saturated carbocycles. The largest absolute Gasteiger partial charge is 0.357 e. The highest BCUT2D eigenvalue weighted by molar-refractivity contribution is 14.0. The number of rotatable bonds is 5. The Labute approximate surface area is 193 Å². The van der Waals surface area contributed by atoms with Crippen LogP contribution in [0.3, 0.4) is 0 Å². The third-order valence-electron chi connectivity index (χ3n) is 5.11. The highest BCUT2D eigenvalue weighted by Gasteiger charge is 2.24. The summed E-state index contributed by atoms with van der Waals surface area (Å²) in [6.07, 6.45) is 2.29. The van der Waals surface area contributed by atoms with Crippen LogP contribution in [0, 0.1) is 0 Å². The number of guanidine groups is 1. The Balaban J connectivity index is 0.00000256. The van der Waals surface area contributed by atoms with Gasteiger partial charge in [0.1, 0.15) is 0 Å². The number of hydrogen-bond donors (Lipinski definition) is 3. The number of nitrogens with one attached hydrogen (secondary N) is 3. The fourth-order valence-corrected chi connectivity index (χ4v) is 3.71. The van der Waals surface area contributed by atoms with E-state index in [-0.39, 0.29) is 35.8 Å². The average molecular weight is 515 g/mol. The van der Waals surface area contributed by atoms with Gasteiger partial charge in [-0.2, -0.15) is 0 Å². The van der Waals surface area contributed by atoms with Crippen molar-refractivity contribution in [3.8, 4) is 0 Å². The lowest BCUT2D eigenvalue weighted by Gasteiger charge is -2.26. The molecule has 1 amide bonds. The molecule has 0 bridgehead atoms. The maximum absolute atomic E-state index is 12.0. The molecule has 156 valence electrons. The van der Waals surface area contributed by atoms with Crippen LogP contribution < -0.4 is 16.0 Å². The van der Waals surface area contributed by atoms with Crippen LogP contribution in [0.25, 0.3) is 10.8 Å². The van der Waals surface area contributed by atoms with Crippen LogP contribution >= 0.6 is 24.0 Å². The van der Waals surface area contributed by atoms with Gasteiger partial charge in [0.2, 0.25) is 5.91 Å². The number of amides is 1. The predicted molar refractivity (Wildman–Crippen MR) is 132 cm³/mol. The first-order valence-electron chi connectivity index (χ1n) is 9.98. The SMILES string of the molecule is CCNC(=NCc1nccc2ccccc12)NCC1CC(=O)Nc2ccccc21.I. The molecule has 4 rings (SSSR count). The van der Waals surface area contributed by atoms with Crippen molar-refractivity contribution in [1.29, 1.82) is 0 Å². The topological polar surface area (TPSA) is 78.4 Å².